The van der Waals surface area contributed by atoms with Crippen LogP contribution < -0.4 is 9.47 Å². The van der Waals surface area contributed by atoms with Crippen LogP contribution in [-0.2, 0) is 17.6 Å². The van der Waals surface area contributed by atoms with E-state index in [1.165, 1.54) is 16.7 Å². The maximum absolute atomic E-state index is 13.2. The van der Waals surface area contributed by atoms with Crippen LogP contribution in [0.4, 0.5) is 0 Å². The molecule has 5 rings (SSSR count). The highest BCUT2D eigenvalue weighted by Crippen LogP contribution is 2.62. The molecule has 0 aliphatic heterocycles. The monoisotopic (exact) mass is 434 g/mol. The van der Waals surface area contributed by atoms with Crippen molar-refractivity contribution in [1.82, 2.24) is 0 Å². The van der Waals surface area contributed by atoms with Crippen LogP contribution in [0.3, 0.4) is 0 Å². The fourth-order valence-electron chi connectivity index (χ4n) is 7.28. The summed E-state index contributed by atoms with van der Waals surface area (Å²) in [7, 11) is 3.33. The number of phenolic OH excluding ortho intramolecular Hbond substituents is 1. The number of methoxy groups -OCH3 is 2. The molecule has 2 saturated carbocycles. The molecule has 0 heterocycles. The lowest BCUT2D eigenvalue weighted by molar-refractivity contribution is -0.129. The molecule has 3 aliphatic rings. The van der Waals surface area contributed by atoms with Gasteiger partial charge in [0.15, 0.2) is 11.5 Å². The van der Waals surface area contributed by atoms with Crippen LogP contribution in [0.5, 0.6) is 17.2 Å². The van der Waals surface area contributed by atoms with Crippen molar-refractivity contribution in [2.45, 2.75) is 57.8 Å². The molecule has 2 fully saturated rings. The Morgan fingerprint density at radius 1 is 1.06 bits per heavy atom. The van der Waals surface area contributed by atoms with Crippen LogP contribution >= 0.6 is 0 Å². The van der Waals surface area contributed by atoms with Gasteiger partial charge in [-0.15, -0.1) is 0 Å². The molecular weight excluding hydrogens is 400 g/mol. The van der Waals surface area contributed by atoms with E-state index in [9.17, 15) is 9.90 Å². The van der Waals surface area contributed by atoms with E-state index in [1.807, 2.05) is 18.2 Å². The van der Waals surface area contributed by atoms with Crippen LogP contribution in [0.1, 0.15) is 61.6 Å². The summed E-state index contributed by atoms with van der Waals surface area (Å²) in [4.78, 5) is 13.2. The number of ketones is 1. The highest BCUT2D eigenvalue weighted by molar-refractivity contribution is 5.87. The van der Waals surface area contributed by atoms with E-state index in [-0.39, 0.29) is 5.41 Å². The number of ether oxygens (including phenoxy) is 2. The average molecular weight is 435 g/mol. The van der Waals surface area contributed by atoms with Crippen molar-refractivity contribution in [2.24, 2.45) is 23.2 Å². The molecule has 5 atom stereocenters. The molecule has 170 valence electrons. The Morgan fingerprint density at radius 3 is 2.66 bits per heavy atom. The quantitative estimate of drug-likeness (QED) is 0.656. The molecule has 5 unspecified atom stereocenters. The fourth-order valence-corrected chi connectivity index (χ4v) is 7.28. The van der Waals surface area contributed by atoms with E-state index < -0.39 is 0 Å². The van der Waals surface area contributed by atoms with Crippen molar-refractivity contribution in [1.29, 1.82) is 0 Å². The van der Waals surface area contributed by atoms with Gasteiger partial charge in [-0.05, 0) is 103 Å². The van der Waals surface area contributed by atoms with Crippen LogP contribution in [0, 0.1) is 23.2 Å². The highest BCUT2D eigenvalue weighted by Gasteiger charge is 2.58. The van der Waals surface area contributed by atoms with E-state index in [0.717, 1.165) is 56.4 Å². The second-order valence-corrected chi connectivity index (χ2v) is 10.3. The number of fused-ring (bicyclic) bond motifs is 5. The number of aromatic hydroxyl groups is 1. The van der Waals surface area contributed by atoms with Crippen molar-refractivity contribution in [3.05, 3.63) is 53.1 Å². The number of rotatable bonds is 5. The van der Waals surface area contributed by atoms with Crippen molar-refractivity contribution in [3.8, 4) is 17.2 Å². The normalized spacial score (nSPS) is 30.9. The van der Waals surface area contributed by atoms with E-state index in [1.54, 1.807) is 14.2 Å². The first kappa shape index (κ1) is 21.4. The van der Waals surface area contributed by atoms with Gasteiger partial charge in [0.25, 0.3) is 0 Å². The summed E-state index contributed by atoms with van der Waals surface area (Å²) >= 11 is 0. The summed E-state index contributed by atoms with van der Waals surface area (Å²) in [6.07, 6.45) is 6.92. The summed E-state index contributed by atoms with van der Waals surface area (Å²) in [6.45, 7) is 2.25. The Morgan fingerprint density at radius 2 is 1.88 bits per heavy atom. The minimum Gasteiger partial charge on any atom is -0.508 e. The molecule has 1 N–H and O–H groups in total. The third kappa shape index (κ3) is 3.39. The zero-order valence-corrected chi connectivity index (χ0v) is 19.4. The average Bonchev–Trinajstić information content (AvgIpc) is 3.07. The van der Waals surface area contributed by atoms with Crippen LogP contribution in [0.25, 0.3) is 0 Å². The number of carbonyl (C=O) groups is 1. The largest absolute Gasteiger partial charge is 0.508 e. The Balaban J connectivity index is 1.39. The minimum atomic E-state index is -0.169. The van der Waals surface area contributed by atoms with Gasteiger partial charge in [-0.25, -0.2) is 0 Å². The van der Waals surface area contributed by atoms with Gasteiger partial charge in [-0.3, -0.25) is 4.79 Å². The predicted octanol–water partition coefficient (Wildman–Crippen LogP) is 5.69. The Bertz CT molecular complexity index is 1030. The number of Topliss-reactive ketones (excluding diaryl/α,β-unsaturated/α-hetero) is 1. The lowest BCUT2D eigenvalue weighted by atomic mass is 9.54. The summed E-state index contributed by atoms with van der Waals surface area (Å²) in [5, 5.41) is 9.94. The van der Waals surface area contributed by atoms with Crippen LogP contribution in [0.15, 0.2) is 36.4 Å². The molecule has 0 saturated heterocycles. The van der Waals surface area contributed by atoms with Crippen molar-refractivity contribution in [3.63, 3.8) is 0 Å². The number of aryl methyl sites for hydroxylation is 2. The standard InChI is InChI=1S/C28H34O4/c1-28-13-12-22-21-10-8-20(29)15-18(21)7-9-23(22)27(28)19(16-26(28)30)6-4-17-5-11-24(31-2)25(14-17)32-3/h5,8,10-11,14-15,19,22-23,27,29H,4,6-7,9,12-13,16H2,1-3H3. The van der Waals surface area contributed by atoms with Gasteiger partial charge < -0.3 is 14.6 Å². The molecule has 32 heavy (non-hydrogen) atoms. The maximum atomic E-state index is 13.2. The fraction of sp³-hybridized carbons (Fsp3) is 0.536. The van der Waals surface area contributed by atoms with Crippen molar-refractivity contribution >= 4 is 5.78 Å². The molecule has 0 spiro atoms. The van der Waals surface area contributed by atoms with Crippen molar-refractivity contribution in [2.75, 3.05) is 14.2 Å². The van der Waals surface area contributed by atoms with Gasteiger partial charge in [0.1, 0.15) is 11.5 Å². The summed E-state index contributed by atoms with van der Waals surface area (Å²) in [5.74, 6) is 4.34. The lowest BCUT2D eigenvalue weighted by Gasteiger charge is -2.50. The summed E-state index contributed by atoms with van der Waals surface area (Å²) in [6, 6.07) is 12.1. The van der Waals surface area contributed by atoms with Gasteiger partial charge in [0.05, 0.1) is 14.2 Å². The number of hydrogen-bond acceptors (Lipinski definition) is 4. The van der Waals surface area contributed by atoms with Crippen LogP contribution in [-0.4, -0.2) is 25.1 Å². The highest BCUT2D eigenvalue weighted by atomic mass is 16.5. The van der Waals surface area contributed by atoms with Gasteiger partial charge in [-0.2, -0.15) is 0 Å². The van der Waals surface area contributed by atoms with E-state index >= 15 is 0 Å². The molecule has 4 heteroatoms. The molecule has 2 aromatic carbocycles. The van der Waals surface area contributed by atoms with E-state index in [2.05, 4.69) is 25.1 Å². The molecular formula is C28H34O4. The topological polar surface area (TPSA) is 55.8 Å². The maximum Gasteiger partial charge on any atom is 0.160 e. The van der Waals surface area contributed by atoms with Crippen LogP contribution in [0.2, 0.25) is 0 Å². The zero-order chi connectivity index (χ0) is 22.5. The van der Waals surface area contributed by atoms with E-state index in [0.29, 0.717) is 35.2 Å². The molecule has 0 radical (unpaired) electrons. The number of hydrogen-bond donors (Lipinski definition) is 1. The summed E-state index contributed by atoms with van der Waals surface area (Å²) < 4.78 is 10.9. The minimum absolute atomic E-state index is 0.169. The number of benzene rings is 2. The lowest BCUT2D eigenvalue weighted by Crippen LogP contribution is -2.44. The second-order valence-electron chi connectivity index (χ2n) is 10.3. The Kier molecular flexibility index (Phi) is 5.43. The number of carbonyl (C=O) groups excluding carboxylic acids is 1. The van der Waals surface area contributed by atoms with E-state index in [4.69, 9.17) is 9.47 Å². The predicted molar refractivity (Wildman–Crippen MR) is 124 cm³/mol. The third-order valence-corrected chi connectivity index (χ3v) is 8.81. The van der Waals surface area contributed by atoms with Crippen molar-refractivity contribution < 1.29 is 19.4 Å². The molecule has 0 bridgehead atoms. The first-order valence-corrected chi connectivity index (χ1v) is 12.0. The first-order chi connectivity index (χ1) is 15.4. The van der Waals surface area contributed by atoms with Gasteiger partial charge in [0, 0.05) is 11.8 Å². The third-order valence-electron chi connectivity index (χ3n) is 8.81. The second kappa shape index (κ2) is 8.13. The molecule has 2 aromatic rings. The molecule has 3 aliphatic carbocycles. The van der Waals surface area contributed by atoms with Gasteiger partial charge in [-0.1, -0.05) is 19.1 Å². The zero-order valence-electron chi connectivity index (χ0n) is 19.4. The van der Waals surface area contributed by atoms with Gasteiger partial charge >= 0.3 is 0 Å². The van der Waals surface area contributed by atoms with Gasteiger partial charge in [0.2, 0.25) is 0 Å². The summed E-state index contributed by atoms with van der Waals surface area (Å²) in [5.41, 5.74) is 3.79. The Hall–Kier alpha value is -2.49. The smallest absolute Gasteiger partial charge is 0.160 e. The number of phenols is 1. The molecule has 4 nitrogen and oxygen atoms in total. The molecule has 0 aromatic heterocycles. The Labute approximate surface area is 190 Å². The molecule has 0 amide bonds. The first-order valence-electron chi connectivity index (χ1n) is 12.0. The SMILES string of the molecule is COc1ccc(CCC2CC(=O)C3(C)CCC4c5ccc(O)cc5CCC4C23)cc1OC.